The predicted octanol–water partition coefficient (Wildman–Crippen LogP) is 3.32. The Morgan fingerprint density at radius 2 is 1.94 bits per heavy atom. The Hall–Kier alpha value is -0.690. The van der Waals surface area contributed by atoms with Gasteiger partial charge in [0.05, 0.1) is 11.0 Å². The summed E-state index contributed by atoms with van der Waals surface area (Å²) in [7, 11) is 0. The van der Waals surface area contributed by atoms with Gasteiger partial charge in [-0.2, -0.15) is 0 Å². The fraction of sp³-hybridized carbons (Fsp3) is 0.500. The number of nitrogens with zero attached hydrogens (tertiary/aromatic N) is 1. The molecule has 0 radical (unpaired) electrons. The van der Waals surface area contributed by atoms with Crippen LogP contribution in [-0.2, 0) is 0 Å². The Bertz CT molecular complexity index is 410. The Morgan fingerprint density at radius 3 is 2.35 bits per heavy atom. The highest BCUT2D eigenvalue weighted by Gasteiger charge is 2.28. The van der Waals surface area contributed by atoms with Gasteiger partial charge in [-0.25, -0.2) is 0 Å². The number of rotatable bonds is 4. The summed E-state index contributed by atoms with van der Waals surface area (Å²) in [4.78, 5) is 10.7. The number of benzene rings is 1. The van der Waals surface area contributed by atoms with Gasteiger partial charge in [0.25, 0.3) is 5.69 Å². The van der Waals surface area contributed by atoms with Crippen LogP contribution in [0.25, 0.3) is 0 Å². The second-order valence-electron chi connectivity index (χ2n) is 4.47. The first-order valence-electron chi connectivity index (χ1n) is 5.46. The number of nitro benzene ring substituents is 1. The Kier molecular flexibility index (Phi) is 4.88. The summed E-state index contributed by atoms with van der Waals surface area (Å²) in [5.74, 6) is -0.0684. The zero-order chi connectivity index (χ0) is 13.2. The lowest BCUT2D eigenvalue weighted by molar-refractivity contribution is -0.386. The molecule has 5 heteroatoms. The van der Waals surface area contributed by atoms with Crippen molar-refractivity contribution < 1.29 is 10.0 Å². The van der Waals surface area contributed by atoms with E-state index in [2.05, 4.69) is 0 Å². The van der Waals surface area contributed by atoms with Crippen molar-refractivity contribution in [2.45, 2.75) is 32.8 Å². The molecule has 0 aliphatic rings. The van der Waals surface area contributed by atoms with Gasteiger partial charge >= 0.3 is 0 Å². The maximum Gasteiger partial charge on any atom is 0.274 e. The third kappa shape index (κ3) is 3.38. The molecule has 17 heavy (non-hydrogen) atoms. The summed E-state index contributed by atoms with van der Waals surface area (Å²) in [5, 5.41) is 20.8. The summed E-state index contributed by atoms with van der Waals surface area (Å²) in [5.41, 5.74) is 0.705. The van der Waals surface area contributed by atoms with E-state index in [0.29, 0.717) is 5.56 Å². The van der Waals surface area contributed by atoms with Crippen LogP contribution in [0, 0.1) is 19.6 Å². The fourth-order valence-electron chi connectivity index (χ4n) is 2.13. The highest BCUT2D eigenvalue weighted by Crippen LogP contribution is 2.35. The first-order chi connectivity index (χ1) is 7.84. The van der Waals surface area contributed by atoms with E-state index in [0.717, 1.165) is 3.57 Å². The minimum atomic E-state index is -0.603. The Morgan fingerprint density at radius 1 is 1.35 bits per heavy atom. The minimum absolute atomic E-state index is 0.0940. The number of hydrogen-bond acceptors (Lipinski definition) is 3. The molecular weight excluding hydrogens is 333 g/mol. The van der Waals surface area contributed by atoms with Gasteiger partial charge in [-0.05, 0) is 41.5 Å². The van der Waals surface area contributed by atoms with Gasteiger partial charge in [-0.1, -0.05) is 19.9 Å². The fourth-order valence-corrected chi connectivity index (χ4v) is 2.61. The summed E-state index contributed by atoms with van der Waals surface area (Å²) in [6.07, 6.45) is -0.603. The smallest absolute Gasteiger partial charge is 0.274 e. The van der Waals surface area contributed by atoms with E-state index in [-0.39, 0.29) is 22.4 Å². The maximum absolute atomic E-state index is 11.0. The van der Waals surface area contributed by atoms with Crippen molar-refractivity contribution in [2.75, 3.05) is 0 Å². The lowest BCUT2D eigenvalue weighted by Crippen LogP contribution is -2.21. The lowest BCUT2D eigenvalue weighted by Gasteiger charge is -2.24. The van der Waals surface area contributed by atoms with E-state index >= 15 is 0 Å². The predicted molar refractivity (Wildman–Crippen MR) is 75.1 cm³/mol. The van der Waals surface area contributed by atoms with Crippen molar-refractivity contribution in [2.24, 2.45) is 5.92 Å². The monoisotopic (exact) mass is 349 g/mol. The third-order valence-corrected chi connectivity index (χ3v) is 3.46. The van der Waals surface area contributed by atoms with E-state index in [4.69, 9.17) is 0 Å². The van der Waals surface area contributed by atoms with Crippen LogP contribution in [0.15, 0.2) is 18.2 Å². The highest BCUT2D eigenvalue weighted by molar-refractivity contribution is 14.1. The number of hydrogen-bond donors (Lipinski definition) is 1. The van der Waals surface area contributed by atoms with Crippen molar-refractivity contribution in [3.8, 4) is 0 Å². The second-order valence-corrected chi connectivity index (χ2v) is 5.72. The minimum Gasteiger partial charge on any atom is -0.393 e. The van der Waals surface area contributed by atoms with Gasteiger partial charge in [-0.15, -0.1) is 0 Å². The van der Waals surface area contributed by atoms with Crippen LogP contribution < -0.4 is 0 Å². The zero-order valence-corrected chi connectivity index (χ0v) is 12.2. The number of nitro groups is 1. The molecular formula is C12H16INO3. The van der Waals surface area contributed by atoms with Crippen molar-refractivity contribution in [3.63, 3.8) is 0 Å². The molecule has 2 atom stereocenters. The normalized spacial score (nSPS) is 14.7. The summed E-state index contributed by atoms with van der Waals surface area (Å²) < 4.78 is 0.825. The number of halogens is 1. The van der Waals surface area contributed by atoms with Crippen LogP contribution in [0.1, 0.15) is 32.3 Å². The van der Waals surface area contributed by atoms with Crippen LogP contribution in [0.4, 0.5) is 5.69 Å². The molecule has 2 unspecified atom stereocenters. The molecule has 0 heterocycles. The first-order valence-corrected chi connectivity index (χ1v) is 6.54. The molecule has 0 saturated heterocycles. The van der Waals surface area contributed by atoms with Gasteiger partial charge in [-0.3, -0.25) is 10.1 Å². The average Bonchev–Trinajstić information content (AvgIpc) is 2.19. The molecule has 0 fully saturated rings. The van der Waals surface area contributed by atoms with E-state index in [1.807, 2.05) is 42.5 Å². The molecule has 4 nitrogen and oxygen atoms in total. The average molecular weight is 349 g/mol. The van der Waals surface area contributed by atoms with Crippen LogP contribution in [0.5, 0.6) is 0 Å². The molecule has 0 bridgehead atoms. The largest absolute Gasteiger partial charge is 0.393 e. The van der Waals surface area contributed by atoms with Gasteiger partial charge < -0.3 is 5.11 Å². The van der Waals surface area contributed by atoms with E-state index < -0.39 is 6.10 Å². The molecule has 1 N–H and O–H groups in total. The second kappa shape index (κ2) is 5.77. The molecule has 1 aromatic carbocycles. The van der Waals surface area contributed by atoms with E-state index in [9.17, 15) is 15.2 Å². The van der Waals surface area contributed by atoms with Crippen LogP contribution >= 0.6 is 22.6 Å². The Labute approximate surface area is 114 Å². The van der Waals surface area contributed by atoms with Crippen LogP contribution in [0.3, 0.4) is 0 Å². The first kappa shape index (κ1) is 14.4. The highest BCUT2D eigenvalue weighted by atomic mass is 127. The lowest BCUT2D eigenvalue weighted by atomic mass is 9.84. The van der Waals surface area contributed by atoms with Crippen LogP contribution in [-0.4, -0.2) is 16.1 Å². The molecule has 0 aliphatic heterocycles. The van der Waals surface area contributed by atoms with E-state index in [1.165, 1.54) is 0 Å². The van der Waals surface area contributed by atoms with Gasteiger partial charge in [0.1, 0.15) is 0 Å². The van der Waals surface area contributed by atoms with Crippen molar-refractivity contribution in [1.29, 1.82) is 0 Å². The zero-order valence-electron chi connectivity index (χ0n) is 10.1. The summed E-state index contributed by atoms with van der Waals surface area (Å²) in [6.45, 7) is 5.59. The van der Waals surface area contributed by atoms with Crippen molar-refractivity contribution in [1.82, 2.24) is 0 Å². The van der Waals surface area contributed by atoms with Crippen molar-refractivity contribution >= 4 is 28.3 Å². The molecule has 0 aromatic heterocycles. The SMILES string of the molecule is CC(C)C(c1ccc(I)cc1[N+](=O)[O-])C(C)O. The van der Waals surface area contributed by atoms with Crippen molar-refractivity contribution in [3.05, 3.63) is 37.4 Å². The molecule has 0 aliphatic carbocycles. The topological polar surface area (TPSA) is 63.4 Å². The molecule has 0 spiro atoms. The van der Waals surface area contributed by atoms with E-state index in [1.54, 1.807) is 19.1 Å². The van der Waals surface area contributed by atoms with Gasteiger partial charge in [0.2, 0.25) is 0 Å². The molecule has 1 aromatic rings. The van der Waals surface area contributed by atoms with Gasteiger partial charge in [0.15, 0.2) is 0 Å². The standard InChI is InChI=1S/C12H16INO3/c1-7(2)12(8(3)15)10-5-4-9(13)6-11(10)14(16)17/h4-8,12,15H,1-3H3. The van der Waals surface area contributed by atoms with Gasteiger partial charge in [0, 0.05) is 21.1 Å². The number of aliphatic hydroxyl groups excluding tert-OH is 1. The quantitative estimate of drug-likeness (QED) is 0.515. The molecule has 94 valence electrons. The maximum atomic E-state index is 11.0. The molecule has 1 rings (SSSR count). The Balaban J connectivity index is 3.32. The molecule has 0 saturated carbocycles. The summed E-state index contributed by atoms with van der Waals surface area (Å²) >= 11 is 2.05. The molecule has 0 amide bonds. The third-order valence-electron chi connectivity index (χ3n) is 2.79. The van der Waals surface area contributed by atoms with Crippen LogP contribution in [0.2, 0.25) is 0 Å². The summed E-state index contributed by atoms with van der Waals surface area (Å²) in [6, 6.07) is 5.13. The number of aliphatic hydroxyl groups is 1.